The van der Waals surface area contributed by atoms with Gasteiger partial charge in [-0.1, -0.05) is 12.1 Å². The number of aliphatic hydroxyl groups excluding tert-OH is 1. The molecule has 154 valence electrons. The molecule has 1 fully saturated rings. The first kappa shape index (κ1) is 20.4. The summed E-state index contributed by atoms with van der Waals surface area (Å²) in [5, 5.41) is 19.4. The van der Waals surface area contributed by atoms with E-state index in [1.807, 2.05) is 0 Å². The van der Waals surface area contributed by atoms with Crippen molar-refractivity contribution in [2.75, 3.05) is 13.2 Å². The lowest BCUT2D eigenvalue weighted by molar-refractivity contribution is -0.180. The van der Waals surface area contributed by atoms with E-state index in [9.17, 15) is 24.6 Å². The summed E-state index contributed by atoms with van der Waals surface area (Å²) in [6.07, 6.45) is 1.15. The van der Waals surface area contributed by atoms with Gasteiger partial charge in [0, 0.05) is 6.08 Å². The molecule has 3 rings (SSSR count). The maximum Gasteiger partial charge on any atom is 0.349 e. The number of hydrogen-bond donors (Lipinski definition) is 2. The Bertz CT molecular complexity index is 882. The third kappa shape index (κ3) is 3.35. The fourth-order valence-corrected chi connectivity index (χ4v) is 3.67. The smallest absolute Gasteiger partial charge is 0.349 e. The number of phenolic OH excluding ortho intramolecular Hbond substituents is 1. The fourth-order valence-electron chi connectivity index (χ4n) is 3.67. The highest BCUT2D eigenvalue weighted by Gasteiger charge is 2.65. The number of benzene rings is 1. The van der Waals surface area contributed by atoms with Crippen LogP contribution in [0.1, 0.15) is 25.8 Å². The molecule has 0 amide bonds. The average molecular weight is 402 g/mol. The zero-order valence-corrected chi connectivity index (χ0v) is 16.1. The van der Waals surface area contributed by atoms with Crippen LogP contribution in [0.5, 0.6) is 5.75 Å². The van der Waals surface area contributed by atoms with Crippen molar-refractivity contribution < 1.29 is 38.8 Å². The van der Waals surface area contributed by atoms with Crippen LogP contribution in [0.3, 0.4) is 0 Å². The minimum atomic E-state index is -2.11. The summed E-state index contributed by atoms with van der Waals surface area (Å²) in [6.45, 7) is 3.17. The van der Waals surface area contributed by atoms with E-state index >= 15 is 0 Å². The maximum absolute atomic E-state index is 13.7. The van der Waals surface area contributed by atoms with Gasteiger partial charge in [-0.25, -0.2) is 4.79 Å². The van der Waals surface area contributed by atoms with Crippen molar-refractivity contribution in [2.24, 2.45) is 5.92 Å². The van der Waals surface area contributed by atoms with Crippen molar-refractivity contribution >= 4 is 17.7 Å². The summed E-state index contributed by atoms with van der Waals surface area (Å²) < 4.78 is 16.1. The number of Topliss-reactive ketones (excluding diaryl/α,β-unsaturated/α-hetero) is 1. The van der Waals surface area contributed by atoms with Crippen LogP contribution in [0.2, 0.25) is 0 Å². The van der Waals surface area contributed by atoms with Gasteiger partial charge in [0.25, 0.3) is 0 Å². The summed E-state index contributed by atoms with van der Waals surface area (Å²) >= 11 is 0. The predicted molar refractivity (Wildman–Crippen MR) is 99.8 cm³/mol. The van der Waals surface area contributed by atoms with Crippen LogP contribution in [0.4, 0.5) is 0 Å². The molecule has 2 N–H and O–H groups in total. The molecule has 1 aliphatic heterocycles. The Balaban J connectivity index is 2.24. The number of ether oxygens (including phenoxy) is 3. The molecule has 1 saturated heterocycles. The molecule has 0 radical (unpaired) electrons. The topological polar surface area (TPSA) is 119 Å². The third-order valence-corrected chi connectivity index (χ3v) is 4.97. The molecular weight excluding hydrogens is 380 g/mol. The van der Waals surface area contributed by atoms with Gasteiger partial charge in [-0.05, 0) is 44.0 Å². The molecule has 8 heteroatoms. The lowest BCUT2D eigenvalue weighted by Gasteiger charge is -2.43. The van der Waals surface area contributed by atoms with E-state index in [-0.39, 0.29) is 42.5 Å². The molecule has 2 aliphatic rings. The number of aromatic hydroxyl groups is 1. The number of phenols is 1. The van der Waals surface area contributed by atoms with Crippen LogP contribution in [0.25, 0.3) is 0 Å². The summed E-state index contributed by atoms with van der Waals surface area (Å²) in [4.78, 5) is 39.7. The first-order valence-electron chi connectivity index (χ1n) is 9.31. The van der Waals surface area contributed by atoms with Crippen LogP contribution in [0, 0.1) is 5.92 Å². The van der Waals surface area contributed by atoms with Gasteiger partial charge in [0.05, 0.1) is 19.1 Å². The van der Waals surface area contributed by atoms with E-state index in [0.29, 0.717) is 0 Å². The normalized spacial score (nSPS) is 25.8. The number of carbonyl (C=O) groups excluding carboxylic acids is 3. The Morgan fingerprint density at radius 2 is 1.79 bits per heavy atom. The summed E-state index contributed by atoms with van der Waals surface area (Å²) in [5.41, 5.74) is -1.96. The molecular formula is C21H22O8. The van der Waals surface area contributed by atoms with E-state index in [1.54, 1.807) is 13.8 Å². The van der Waals surface area contributed by atoms with Crippen molar-refractivity contribution in [1.82, 2.24) is 0 Å². The number of fused-ring (bicyclic) bond motifs is 1. The molecule has 0 bridgehead atoms. The van der Waals surface area contributed by atoms with Gasteiger partial charge in [-0.15, -0.1) is 0 Å². The maximum atomic E-state index is 13.7. The molecule has 3 unspecified atom stereocenters. The Morgan fingerprint density at radius 3 is 2.41 bits per heavy atom. The lowest BCUT2D eigenvalue weighted by atomic mass is 9.65. The van der Waals surface area contributed by atoms with Gasteiger partial charge in [-0.2, -0.15) is 0 Å². The van der Waals surface area contributed by atoms with Crippen molar-refractivity contribution in [3.63, 3.8) is 0 Å². The molecule has 8 nitrogen and oxygen atoms in total. The number of carbonyl (C=O) groups is 3. The minimum Gasteiger partial charge on any atom is -0.508 e. The second-order valence-corrected chi connectivity index (χ2v) is 6.65. The Hall–Kier alpha value is -3.29. The number of esters is 2. The van der Waals surface area contributed by atoms with Gasteiger partial charge in [-0.3, -0.25) is 9.59 Å². The molecule has 0 aromatic heterocycles. The highest BCUT2D eigenvalue weighted by atomic mass is 16.6. The van der Waals surface area contributed by atoms with Crippen LogP contribution < -0.4 is 0 Å². The standard InChI is InChI=1S/C21H22O8/c1-3-27-19(25)18-21(20(26)28-4-2,12-5-7-13(22)8-6-12)17(24)15-10-9-14(23)11-16(15)29-18/h5-9,11,15,18,22-23H,3-4,10H2,1-2H3. The number of ketones is 1. The average Bonchev–Trinajstić information content (AvgIpc) is 2.69. The fraction of sp³-hybridized carbons (Fsp3) is 0.381. The van der Waals surface area contributed by atoms with Gasteiger partial charge in [0.2, 0.25) is 6.10 Å². The number of aliphatic hydroxyl groups is 1. The summed E-state index contributed by atoms with van der Waals surface area (Å²) in [7, 11) is 0. The van der Waals surface area contributed by atoms with Crippen molar-refractivity contribution in [3.8, 4) is 5.75 Å². The second kappa shape index (κ2) is 7.98. The molecule has 0 saturated carbocycles. The Kier molecular flexibility index (Phi) is 5.63. The Morgan fingerprint density at radius 1 is 1.14 bits per heavy atom. The Labute approximate surface area is 167 Å². The zero-order valence-electron chi connectivity index (χ0n) is 16.1. The largest absolute Gasteiger partial charge is 0.508 e. The van der Waals surface area contributed by atoms with E-state index in [2.05, 4.69) is 0 Å². The van der Waals surface area contributed by atoms with Gasteiger partial charge in [0.1, 0.15) is 17.3 Å². The van der Waals surface area contributed by atoms with E-state index in [0.717, 1.165) is 0 Å². The van der Waals surface area contributed by atoms with E-state index in [1.165, 1.54) is 36.4 Å². The molecule has 1 aromatic rings. The molecule has 3 atom stereocenters. The summed E-state index contributed by atoms with van der Waals surface area (Å²) in [6, 6.07) is 5.38. The number of rotatable bonds is 5. The van der Waals surface area contributed by atoms with Gasteiger partial charge < -0.3 is 24.4 Å². The number of allylic oxidation sites excluding steroid dienone is 3. The van der Waals surface area contributed by atoms with Crippen molar-refractivity contribution in [3.05, 3.63) is 53.5 Å². The lowest BCUT2D eigenvalue weighted by Crippen LogP contribution is -2.63. The van der Waals surface area contributed by atoms with Crippen LogP contribution >= 0.6 is 0 Å². The predicted octanol–water partition coefficient (Wildman–Crippen LogP) is 2.07. The van der Waals surface area contributed by atoms with Gasteiger partial charge >= 0.3 is 11.9 Å². The van der Waals surface area contributed by atoms with Crippen LogP contribution in [-0.2, 0) is 34.0 Å². The third-order valence-electron chi connectivity index (χ3n) is 4.97. The van der Waals surface area contributed by atoms with Crippen molar-refractivity contribution in [2.45, 2.75) is 31.8 Å². The molecule has 1 aromatic carbocycles. The van der Waals surface area contributed by atoms with Gasteiger partial charge in [0.15, 0.2) is 11.2 Å². The zero-order chi connectivity index (χ0) is 21.2. The minimum absolute atomic E-state index is 0.00892. The molecule has 29 heavy (non-hydrogen) atoms. The quantitative estimate of drug-likeness (QED) is 0.567. The first-order valence-corrected chi connectivity index (χ1v) is 9.31. The van der Waals surface area contributed by atoms with Crippen LogP contribution in [-0.4, -0.2) is 47.3 Å². The molecule has 1 heterocycles. The van der Waals surface area contributed by atoms with Crippen molar-refractivity contribution in [1.29, 1.82) is 0 Å². The number of hydrogen-bond acceptors (Lipinski definition) is 8. The van der Waals surface area contributed by atoms with Crippen LogP contribution in [0.15, 0.2) is 47.9 Å². The monoisotopic (exact) mass is 402 g/mol. The highest BCUT2D eigenvalue weighted by molar-refractivity contribution is 6.16. The summed E-state index contributed by atoms with van der Waals surface area (Å²) in [5.74, 6) is -3.40. The SMILES string of the molecule is CCOC(=O)C1OC2=CC(O)=CCC2C(=O)C1(C(=O)OCC)c1ccc(O)cc1. The van der Waals surface area contributed by atoms with E-state index in [4.69, 9.17) is 14.2 Å². The first-order chi connectivity index (χ1) is 13.9. The molecule has 0 spiro atoms. The second-order valence-electron chi connectivity index (χ2n) is 6.65. The molecule has 1 aliphatic carbocycles. The highest BCUT2D eigenvalue weighted by Crippen LogP contribution is 2.45. The van der Waals surface area contributed by atoms with E-state index < -0.39 is 35.2 Å².